The summed E-state index contributed by atoms with van der Waals surface area (Å²) in [6.45, 7) is 1.66. The molecule has 7 heteroatoms. The fraction of sp³-hybridized carbons (Fsp3) is 0.263. The largest absolute Gasteiger partial charge is 0.339 e. The van der Waals surface area contributed by atoms with E-state index in [0.717, 1.165) is 54.3 Å². The maximum atomic E-state index is 11.6. The molecule has 26 heavy (non-hydrogen) atoms. The number of carbonyl (C=O) groups excluding carboxylic acids is 1. The zero-order valence-corrected chi connectivity index (χ0v) is 14.2. The Morgan fingerprint density at radius 3 is 2.92 bits per heavy atom. The highest BCUT2D eigenvalue weighted by Gasteiger charge is 2.20. The number of nitrogens with zero attached hydrogens (tertiary/aromatic N) is 5. The zero-order valence-electron chi connectivity index (χ0n) is 14.2. The van der Waals surface area contributed by atoms with E-state index in [4.69, 9.17) is 10.7 Å². The van der Waals surface area contributed by atoms with Crippen LogP contribution in [0.4, 0.5) is 5.95 Å². The second-order valence-electron chi connectivity index (χ2n) is 6.77. The van der Waals surface area contributed by atoms with Crippen LogP contribution in [0, 0.1) is 0 Å². The van der Waals surface area contributed by atoms with Gasteiger partial charge in [-0.25, -0.2) is 9.97 Å². The summed E-state index contributed by atoms with van der Waals surface area (Å²) < 4.78 is 1.95. The summed E-state index contributed by atoms with van der Waals surface area (Å²) in [6, 6.07) is 9.77. The third-order valence-corrected chi connectivity index (χ3v) is 4.99. The lowest BCUT2D eigenvalue weighted by Crippen LogP contribution is -2.43. The van der Waals surface area contributed by atoms with Crippen LogP contribution in [-0.2, 0) is 0 Å². The highest BCUT2D eigenvalue weighted by Crippen LogP contribution is 2.26. The number of hydrogen-bond acceptors (Lipinski definition) is 6. The number of pyridine rings is 1. The van der Waals surface area contributed by atoms with Gasteiger partial charge in [-0.15, -0.1) is 0 Å². The molecule has 0 saturated carbocycles. The third-order valence-electron chi connectivity index (χ3n) is 4.99. The Hall–Kier alpha value is -3.06. The molecular formula is C19H18N6O. The van der Waals surface area contributed by atoms with Gasteiger partial charge in [0.2, 0.25) is 5.95 Å². The second-order valence-corrected chi connectivity index (χ2v) is 6.77. The van der Waals surface area contributed by atoms with Crippen LogP contribution in [0.25, 0.3) is 27.7 Å². The van der Waals surface area contributed by atoms with Crippen molar-refractivity contribution in [1.82, 2.24) is 19.4 Å². The number of para-hydroxylation sites is 2. The van der Waals surface area contributed by atoms with Gasteiger partial charge in [-0.3, -0.25) is 9.20 Å². The van der Waals surface area contributed by atoms with Crippen molar-refractivity contribution in [3.63, 3.8) is 0 Å². The minimum atomic E-state index is 0.148. The Kier molecular flexibility index (Phi) is 3.36. The molecule has 5 rings (SSSR count). The van der Waals surface area contributed by atoms with Crippen molar-refractivity contribution in [1.29, 1.82) is 0 Å². The molecule has 0 bridgehead atoms. The fourth-order valence-electron chi connectivity index (χ4n) is 3.75. The molecule has 4 heterocycles. The van der Waals surface area contributed by atoms with E-state index in [1.807, 2.05) is 28.7 Å². The molecule has 3 aromatic heterocycles. The molecule has 1 fully saturated rings. The summed E-state index contributed by atoms with van der Waals surface area (Å²) >= 11 is 0. The highest BCUT2D eigenvalue weighted by molar-refractivity contribution is 5.97. The number of imidazole rings is 1. The molecule has 7 nitrogen and oxygen atoms in total. The lowest BCUT2D eigenvalue weighted by molar-refractivity contribution is 0.112. The number of nitrogens with two attached hydrogens (primary N) is 1. The van der Waals surface area contributed by atoms with Gasteiger partial charge in [0.1, 0.15) is 5.65 Å². The molecule has 0 unspecified atom stereocenters. The van der Waals surface area contributed by atoms with Gasteiger partial charge in [0.25, 0.3) is 0 Å². The molecule has 2 N–H and O–H groups in total. The van der Waals surface area contributed by atoms with Crippen LogP contribution in [0.15, 0.2) is 36.5 Å². The first kappa shape index (κ1) is 15.2. The first-order chi connectivity index (χ1) is 12.7. The third kappa shape index (κ3) is 2.24. The van der Waals surface area contributed by atoms with Gasteiger partial charge in [-0.05, 0) is 31.0 Å². The molecule has 4 aromatic rings. The van der Waals surface area contributed by atoms with Gasteiger partial charge in [-0.2, -0.15) is 4.98 Å². The zero-order chi connectivity index (χ0) is 17.7. The maximum absolute atomic E-state index is 11.6. The summed E-state index contributed by atoms with van der Waals surface area (Å²) in [6.07, 6.45) is 4.68. The summed E-state index contributed by atoms with van der Waals surface area (Å²) in [5, 5.41) is 0.813. The number of aromatic nitrogens is 4. The summed E-state index contributed by atoms with van der Waals surface area (Å²) in [7, 11) is 0. The van der Waals surface area contributed by atoms with E-state index >= 15 is 0 Å². The van der Waals surface area contributed by atoms with Crippen molar-refractivity contribution in [2.75, 3.05) is 18.0 Å². The topological polar surface area (TPSA) is 89.4 Å². The second kappa shape index (κ2) is 5.74. The number of piperidine rings is 1. The van der Waals surface area contributed by atoms with Crippen molar-refractivity contribution >= 4 is 39.9 Å². The van der Waals surface area contributed by atoms with E-state index in [1.54, 1.807) is 12.3 Å². The van der Waals surface area contributed by atoms with Crippen LogP contribution >= 0.6 is 0 Å². The maximum Gasteiger partial charge on any atom is 0.227 e. The van der Waals surface area contributed by atoms with E-state index in [-0.39, 0.29) is 6.04 Å². The molecule has 0 amide bonds. The van der Waals surface area contributed by atoms with Gasteiger partial charge < -0.3 is 10.6 Å². The van der Waals surface area contributed by atoms with Crippen LogP contribution in [0.3, 0.4) is 0 Å². The van der Waals surface area contributed by atoms with Gasteiger partial charge in [0, 0.05) is 30.7 Å². The molecule has 1 atom stereocenters. The van der Waals surface area contributed by atoms with Crippen molar-refractivity contribution in [2.24, 2.45) is 5.73 Å². The molecule has 1 aliphatic rings. The monoisotopic (exact) mass is 346 g/mol. The summed E-state index contributed by atoms with van der Waals surface area (Å²) in [5.41, 5.74) is 9.78. The Morgan fingerprint density at radius 1 is 1.19 bits per heavy atom. The average Bonchev–Trinajstić information content (AvgIpc) is 3.07. The number of carbonyl (C=O) groups is 1. The Bertz CT molecular complexity index is 1150. The number of anilines is 1. The van der Waals surface area contributed by atoms with E-state index in [0.29, 0.717) is 17.2 Å². The normalized spacial score (nSPS) is 18.0. The Morgan fingerprint density at radius 2 is 2.08 bits per heavy atom. The Labute approximate surface area is 149 Å². The van der Waals surface area contributed by atoms with Gasteiger partial charge >= 0.3 is 0 Å². The lowest BCUT2D eigenvalue weighted by atomic mass is 10.1. The van der Waals surface area contributed by atoms with Crippen molar-refractivity contribution in [2.45, 2.75) is 18.9 Å². The minimum absolute atomic E-state index is 0.148. The SMILES string of the molecule is N[C@H]1CCCN(c2ncc3cc(C=O)c4nc5ccccc5n4c3n2)C1. The number of hydrogen-bond donors (Lipinski definition) is 1. The van der Waals surface area contributed by atoms with E-state index in [1.165, 1.54) is 0 Å². The molecule has 1 aliphatic heterocycles. The van der Waals surface area contributed by atoms with Crippen molar-refractivity contribution in [3.05, 3.63) is 42.1 Å². The summed E-state index contributed by atoms with van der Waals surface area (Å²) in [5.74, 6) is 0.672. The minimum Gasteiger partial charge on any atom is -0.339 e. The molecule has 1 aromatic carbocycles. The summed E-state index contributed by atoms with van der Waals surface area (Å²) in [4.78, 5) is 27.7. The number of rotatable bonds is 2. The van der Waals surface area contributed by atoms with Gasteiger partial charge in [0.05, 0.1) is 16.6 Å². The van der Waals surface area contributed by atoms with Crippen molar-refractivity contribution in [3.8, 4) is 0 Å². The molecule has 0 spiro atoms. The smallest absolute Gasteiger partial charge is 0.227 e. The fourth-order valence-corrected chi connectivity index (χ4v) is 3.75. The number of fused-ring (bicyclic) bond motifs is 5. The van der Waals surface area contributed by atoms with Crippen molar-refractivity contribution < 1.29 is 4.79 Å². The highest BCUT2D eigenvalue weighted by atomic mass is 16.1. The number of benzene rings is 1. The molecule has 1 saturated heterocycles. The van der Waals surface area contributed by atoms with Crippen LogP contribution in [0.5, 0.6) is 0 Å². The van der Waals surface area contributed by atoms with Crippen LogP contribution in [0.2, 0.25) is 0 Å². The van der Waals surface area contributed by atoms with Gasteiger partial charge in [-0.1, -0.05) is 12.1 Å². The predicted octanol–water partition coefficient (Wildman–Crippen LogP) is 2.17. The first-order valence-corrected chi connectivity index (χ1v) is 8.77. The lowest BCUT2D eigenvalue weighted by Gasteiger charge is -2.30. The van der Waals surface area contributed by atoms with Crippen LogP contribution in [-0.4, -0.2) is 44.8 Å². The molecule has 130 valence electrons. The molecular weight excluding hydrogens is 328 g/mol. The Balaban J connectivity index is 1.81. The predicted molar refractivity (Wildman–Crippen MR) is 101 cm³/mol. The number of aldehydes is 1. The van der Waals surface area contributed by atoms with Crippen LogP contribution < -0.4 is 10.6 Å². The quantitative estimate of drug-likeness (QED) is 0.560. The van der Waals surface area contributed by atoms with E-state index in [9.17, 15) is 4.79 Å². The van der Waals surface area contributed by atoms with E-state index in [2.05, 4.69) is 14.9 Å². The first-order valence-electron chi connectivity index (χ1n) is 8.77. The molecule has 0 radical (unpaired) electrons. The standard InChI is InChI=1S/C19H18N6O/c20-14-4-3-7-24(10-14)19-21-9-12-8-13(11-26)18-22-15-5-1-2-6-16(15)25(18)17(12)23-19/h1-2,5-6,8-9,11,14H,3-4,7,10,20H2/t14-/m0/s1. The van der Waals surface area contributed by atoms with Gasteiger partial charge in [0.15, 0.2) is 11.9 Å². The molecule has 0 aliphatic carbocycles. The average molecular weight is 346 g/mol. The van der Waals surface area contributed by atoms with Crippen LogP contribution in [0.1, 0.15) is 23.2 Å². The van der Waals surface area contributed by atoms with E-state index < -0.39 is 0 Å².